The number of ether oxygens (including phenoxy) is 2. The third-order valence-electron chi connectivity index (χ3n) is 4.19. The van der Waals surface area contributed by atoms with Crippen LogP contribution >= 0.6 is 0 Å². The van der Waals surface area contributed by atoms with Crippen molar-refractivity contribution < 1.29 is 19.1 Å². The number of benzene rings is 1. The van der Waals surface area contributed by atoms with Gasteiger partial charge in [0.15, 0.2) is 11.4 Å². The van der Waals surface area contributed by atoms with Crippen LogP contribution in [0.25, 0.3) is 0 Å². The normalized spacial score (nSPS) is 36.1. The second kappa shape index (κ2) is 3.99. The van der Waals surface area contributed by atoms with Crippen molar-refractivity contribution in [1.82, 2.24) is 0 Å². The minimum absolute atomic E-state index is 0.0730. The van der Waals surface area contributed by atoms with E-state index in [0.717, 1.165) is 0 Å². The molecule has 2 heterocycles. The molecule has 0 aliphatic carbocycles. The molecule has 4 nitrogen and oxygen atoms in total. The Morgan fingerprint density at radius 1 is 1.05 bits per heavy atom. The molecule has 2 bridgehead atoms. The van der Waals surface area contributed by atoms with E-state index >= 15 is 0 Å². The molecule has 1 aromatic rings. The standard InChI is InChI=1S/C16H18O4/c1-9(2)14-15(3)12(17)10-7-5-6-8-11(10)13(18)16(4,19-14)20-15/h5-9,14H,1-4H3/t14-,15-,16+/m0/s1. The van der Waals surface area contributed by atoms with E-state index in [1.807, 2.05) is 13.8 Å². The topological polar surface area (TPSA) is 52.6 Å². The summed E-state index contributed by atoms with van der Waals surface area (Å²) in [5, 5.41) is 0. The van der Waals surface area contributed by atoms with E-state index in [9.17, 15) is 9.59 Å². The van der Waals surface area contributed by atoms with E-state index in [2.05, 4.69) is 0 Å². The predicted octanol–water partition coefficient (Wildman–Crippen LogP) is 2.61. The quantitative estimate of drug-likeness (QED) is 0.790. The fourth-order valence-corrected chi connectivity index (χ4v) is 3.28. The Morgan fingerprint density at radius 2 is 1.60 bits per heavy atom. The first kappa shape index (κ1) is 13.5. The van der Waals surface area contributed by atoms with Crippen LogP contribution in [0.15, 0.2) is 24.3 Å². The smallest absolute Gasteiger partial charge is 0.232 e. The molecule has 1 aromatic carbocycles. The summed E-state index contributed by atoms with van der Waals surface area (Å²) in [5.41, 5.74) is -0.311. The summed E-state index contributed by atoms with van der Waals surface area (Å²) in [6.07, 6.45) is -0.433. The van der Waals surface area contributed by atoms with Crippen molar-refractivity contribution in [1.29, 1.82) is 0 Å². The van der Waals surface area contributed by atoms with E-state index in [1.54, 1.807) is 38.1 Å². The first-order chi connectivity index (χ1) is 9.29. The van der Waals surface area contributed by atoms with Crippen LogP contribution in [0.4, 0.5) is 0 Å². The number of hydrogen-bond donors (Lipinski definition) is 0. The molecule has 0 amide bonds. The third kappa shape index (κ3) is 1.55. The van der Waals surface area contributed by atoms with Crippen molar-refractivity contribution in [3.05, 3.63) is 35.4 Å². The summed E-state index contributed by atoms with van der Waals surface area (Å²) < 4.78 is 11.7. The van der Waals surface area contributed by atoms with Gasteiger partial charge in [0.05, 0.1) is 0 Å². The number of carbonyl (C=O) groups excluding carboxylic acids is 2. The van der Waals surface area contributed by atoms with Crippen molar-refractivity contribution in [3.63, 3.8) is 0 Å². The van der Waals surface area contributed by atoms with Gasteiger partial charge in [0.2, 0.25) is 11.6 Å². The number of carbonyl (C=O) groups is 2. The second-order valence-electron chi connectivity index (χ2n) is 6.14. The summed E-state index contributed by atoms with van der Waals surface area (Å²) in [4.78, 5) is 25.5. The maximum Gasteiger partial charge on any atom is 0.232 e. The van der Waals surface area contributed by atoms with Gasteiger partial charge in [-0.2, -0.15) is 0 Å². The molecule has 2 aliphatic heterocycles. The van der Waals surface area contributed by atoms with Gasteiger partial charge in [0, 0.05) is 11.1 Å². The molecule has 0 N–H and O–H groups in total. The lowest BCUT2D eigenvalue weighted by Crippen LogP contribution is -2.47. The van der Waals surface area contributed by atoms with Gasteiger partial charge < -0.3 is 9.47 Å². The molecule has 4 heteroatoms. The summed E-state index contributed by atoms with van der Waals surface area (Å²) in [7, 11) is 0. The third-order valence-corrected chi connectivity index (χ3v) is 4.19. The average Bonchev–Trinajstić information content (AvgIpc) is 2.68. The number of ketones is 2. The van der Waals surface area contributed by atoms with Gasteiger partial charge in [-0.1, -0.05) is 38.1 Å². The second-order valence-corrected chi connectivity index (χ2v) is 6.14. The number of fused-ring (bicyclic) bond motifs is 3. The summed E-state index contributed by atoms with van der Waals surface area (Å²) >= 11 is 0. The highest BCUT2D eigenvalue weighted by molar-refractivity contribution is 6.16. The van der Waals surface area contributed by atoms with Crippen molar-refractivity contribution in [2.24, 2.45) is 5.92 Å². The SMILES string of the molecule is CC(C)[C@@H]1O[C@]2(C)O[C@@]1(C)C(=O)c1ccccc1C2=O. The zero-order chi connectivity index (χ0) is 14.7. The molecule has 0 unspecified atom stereocenters. The minimum atomic E-state index is -1.38. The molecule has 106 valence electrons. The van der Waals surface area contributed by atoms with Gasteiger partial charge in [-0.05, 0) is 19.8 Å². The Labute approximate surface area is 118 Å². The number of hydrogen-bond acceptors (Lipinski definition) is 4. The molecule has 0 saturated carbocycles. The molecule has 3 rings (SSSR count). The summed E-state index contributed by atoms with van der Waals surface area (Å²) in [6.45, 7) is 7.25. The Balaban J connectivity index is 2.25. The van der Waals surface area contributed by atoms with E-state index in [4.69, 9.17) is 9.47 Å². The Hall–Kier alpha value is -1.52. The van der Waals surface area contributed by atoms with Gasteiger partial charge in [-0.15, -0.1) is 0 Å². The lowest BCUT2D eigenvalue weighted by molar-refractivity contribution is -0.132. The molecule has 20 heavy (non-hydrogen) atoms. The highest BCUT2D eigenvalue weighted by atomic mass is 16.8. The highest BCUT2D eigenvalue weighted by Gasteiger charge is 2.63. The molecular formula is C16H18O4. The fourth-order valence-electron chi connectivity index (χ4n) is 3.28. The zero-order valence-corrected chi connectivity index (χ0v) is 12.1. The van der Waals surface area contributed by atoms with Crippen LogP contribution in [0.2, 0.25) is 0 Å². The maximum absolute atomic E-state index is 12.9. The van der Waals surface area contributed by atoms with E-state index in [0.29, 0.717) is 11.1 Å². The van der Waals surface area contributed by atoms with Gasteiger partial charge in [-0.3, -0.25) is 9.59 Å². The van der Waals surface area contributed by atoms with Crippen LogP contribution in [0.3, 0.4) is 0 Å². The lowest BCUT2D eigenvalue weighted by atomic mass is 9.82. The molecule has 2 aliphatic rings. The molecule has 3 atom stereocenters. The minimum Gasteiger partial charge on any atom is -0.336 e. The molecule has 1 saturated heterocycles. The van der Waals surface area contributed by atoms with Gasteiger partial charge in [-0.25, -0.2) is 0 Å². The largest absolute Gasteiger partial charge is 0.336 e. The highest BCUT2D eigenvalue weighted by Crippen LogP contribution is 2.46. The Bertz CT molecular complexity index is 606. The van der Waals surface area contributed by atoms with Crippen LogP contribution in [0.5, 0.6) is 0 Å². The van der Waals surface area contributed by atoms with E-state index < -0.39 is 17.5 Å². The lowest BCUT2D eigenvalue weighted by Gasteiger charge is -2.29. The fraction of sp³-hybridized carbons (Fsp3) is 0.500. The van der Waals surface area contributed by atoms with Crippen LogP contribution in [-0.4, -0.2) is 29.1 Å². The van der Waals surface area contributed by atoms with Crippen LogP contribution < -0.4 is 0 Å². The number of Topliss-reactive ketones (excluding diaryl/α,β-unsaturated/α-hetero) is 2. The van der Waals surface area contributed by atoms with Crippen molar-refractivity contribution in [2.45, 2.75) is 45.2 Å². The Kier molecular flexibility index (Phi) is 2.69. The summed E-state index contributed by atoms with van der Waals surface area (Å²) in [5.74, 6) is -1.77. The van der Waals surface area contributed by atoms with Crippen LogP contribution in [0, 0.1) is 5.92 Å². The maximum atomic E-state index is 12.9. The Morgan fingerprint density at radius 3 is 2.15 bits per heavy atom. The molecule has 0 aromatic heterocycles. The predicted molar refractivity (Wildman–Crippen MR) is 72.7 cm³/mol. The average molecular weight is 274 g/mol. The van der Waals surface area contributed by atoms with Gasteiger partial charge >= 0.3 is 0 Å². The first-order valence-electron chi connectivity index (χ1n) is 6.86. The first-order valence-corrected chi connectivity index (χ1v) is 6.86. The monoisotopic (exact) mass is 274 g/mol. The van der Waals surface area contributed by atoms with E-state index in [1.165, 1.54) is 0 Å². The van der Waals surface area contributed by atoms with Crippen molar-refractivity contribution >= 4 is 11.6 Å². The summed E-state index contributed by atoms with van der Waals surface area (Å²) in [6, 6.07) is 6.85. The molecule has 0 spiro atoms. The zero-order valence-electron chi connectivity index (χ0n) is 12.1. The molecular weight excluding hydrogens is 256 g/mol. The van der Waals surface area contributed by atoms with Crippen LogP contribution in [0.1, 0.15) is 48.4 Å². The van der Waals surface area contributed by atoms with Crippen molar-refractivity contribution in [2.75, 3.05) is 0 Å². The molecule has 1 fully saturated rings. The van der Waals surface area contributed by atoms with Crippen LogP contribution in [-0.2, 0) is 9.47 Å². The van der Waals surface area contributed by atoms with Gasteiger partial charge in [0.1, 0.15) is 6.10 Å². The van der Waals surface area contributed by atoms with Crippen molar-refractivity contribution in [3.8, 4) is 0 Å². The van der Waals surface area contributed by atoms with Gasteiger partial charge in [0.25, 0.3) is 0 Å². The van der Waals surface area contributed by atoms with E-state index in [-0.39, 0.29) is 17.5 Å². The molecule has 0 radical (unpaired) electrons. The number of rotatable bonds is 1.